The minimum atomic E-state index is -0.329. The van der Waals surface area contributed by atoms with Gasteiger partial charge in [0.15, 0.2) is 5.16 Å². The van der Waals surface area contributed by atoms with Crippen molar-refractivity contribution >= 4 is 28.6 Å². The molecule has 28 heavy (non-hydrogen) atoms. The first-order valence-corrected chi connectivity index (χ1v) is 10.9. The van der Waals surface area contributed by atoms with E-state index in [0.29, 0.717) is 22.6 Å². The molecule has 1 heterocycles. The molecule has 7 heteroatoms. The average Bonchev–Trinajstić information content (AvgIpc) is 2.66. The van der Waals surface area contributed by atoms with E-state index in [9.17, 15) is 9.59 Å². The Bertz CT molecular complexity index is 846. The van der Waals surface area contributed by atoms with Crippen LogP contribution in [0.2, 0.25) is 0 Å². The smallest absolute Gasteiger partial charge is 0.262 e. The molecule has 2 aromatic rings. The van der Waals surface area contributed by atoms with Crippen LogP contribution in [0.25, 0.3) is 10.9 Å². The highest BCUT2D eigenvalue weighted by Gasteiger charge is 2.20. The SMILES string of the molecule is CCN(CC)CCCn1c(SC(C)C(=O)NC(C)C)nc2ccccc2c1=O. The quantitative estimate of drug-likeness (QED) is 0.487. The van der Waals surface area contributed by atoms with Gasteiger partial charge in [0.25, 0.3) is 5.56 Å². The zero-order chi connectivity index (χ0) is 20.7. The Hall–Kier alpha value is -1.86. The number of aromatic nitrogens is 2. The summed E-state index contributed by atoms with van der Waals surface area (Å²) in [6.45, 7) is 13.5. The maximum Gasteiger partial charge on any atom is 0.262 e. The number of benzene rings is 1. The number of thioether (sulfide) groups is 1. The van der Waals surface area contributed by atoms with E-state index in [-0.39, 0.29) is 22.8 Å². The Morgan fingerprint density at radius 1 is 1.21 bits per heavy atom. The fourth-order valence-electron chi connectivity index (χ4n) is 3.04. The summed E-state index contributed by atoms with van der Waals surface area (Å²) in [7, 11) is 0. The topological polar surface area (TPSA) is 67.2 Å². The number of para-hydroxylation sites is 1. The zero-order valence-electron chi connectivity index (χ0n) is 17.6. The number of carbonyl (C=O) groups is 1. The molecule has 2 rings (SSSR count). The molecule has 0 radical (unpaired) electrons. The van der Waals surface area contributed by atoms with Crippen molar-refractivity contribution in [3.05, 3.63) is 34.6 Å². The van der Waals surface area contributed by atoms with E-state index in [2.05, 4.69) is 24.1 Å². The molecule has 0 saturated heterocycles. The van der Waals surface area contributed by atoms with E-state index in [1.54, 1.807) is 4.57 Å². The molecular formula is C21H32N4O2S. The molecule has 0 aliphatic carbocycles. The molecule has 0 aliphatic heterocycles. The van der Waals surface area contributed by atoms with Gasteiger partial charge >= 0.3 is 0 Å². The summed E-state index contributed by atoms with van der Waals surface area (Å²) in [5.41, 5.74) is 0.635. The van der Waals surface area contributed by atoms with Crippen LogP contribution in [0.1, 0.15) is 41.0 Å². The summed E-state index contributed by atoms with van der Waals surface area (Å²) in [6.07, 6.45) is 0.863. The fraction of sp³-hybridized carbons (Fsp3) is 0.571. The first-order chi connectivity index (χ1) is 13.4. The van der Waals surface area contributed by atoms with Gasteiger partial charge in [-0.15, -0.1) is 0 Å². The van der Waals surface area contributed by atoms with Gasteiger partial charge in [0, 0.05) is 12.6 Å². The fourth-order valence-corrected chi connectivity index (χ4v) is 3.98. The summed E-state index contributed by atoms with van der Waals surface area (Å²) < 4.78 is 1.73. The van der Waals surface area contributed by atoms with Gasteiger partial charge in [-0.1, -0.05) is 37.7 Å². The lowest BCUT2D eigenvalue weighted by molar-refractivity contribution is -0.120. The third-order valence-corrected chi connectivity index (χ3v) is 5.75. The van der Waals surface area contributed by atoms with Crippen LogP contribution in [-0.4, -0.2) is 51.3 Å². The van der Waals surface area contributed by atoms with E-state index in [1.165, 1.54) is 11.8 Å². The molecule has 0 aliphatic rings. The van der Waals surface area contributed by atoms with Crippen molar-refractivity contribution in [2.75, 3.05) is 19.6 Å². The van der Waals surface area contributed by atoms with Crippen molar-refractivity contribution in [3.63, 3.8) is 0 Å². The van der Waals surface area contributed by atoms with Crippen LogP contribution >= 0.6 is 11.8 Å². The maximum atomic E-state index is 13.1. The minimum Gasteiger partial charge on any atom is -0.353 e. The van der Waals surface area contributed by atoms with E-state index < -0.39 is 0 Å². The lowest BCUT2D eigenvalue weighted by Crippen LogP contribution is -2.36. The van der Waals surface area contributed by atoms with Crippen LogP contribution in [0.15, 0.2) is 34.2 Å². The van der Waals surface area contributed by atoms with Crippen molar-refractivity contribution in [1.82, 2.24) is 19.8 Å². The molecule has 1 N–H and O–H groups in total. The minimum absolute atomic E-state index is 0.0379. The van der Waals surface area contributed by atoms with E-state index in [4.69, 9.17) is 4.98 Å². The number of rotatable bonds is 10. The van der Waals surface area contributed by atoms with Gasteiger partial charge in [-0.25, -0.2) is 4.98 Å². The van der Waals surface area contributed by atoms with E-state index >= 15 is 0 Å². The van der Waals surface area contributed by atoms with Crippen LogP contribution in [0, 0.1) is 0 Å². The summed E-state index contributed by atoms with van der Waals surface area (Å²) in [5.74, 6) is -0.0444. The van der Waals surface area contributed by atoms with Crippen molar-refractivity contribution in [2.24, 2.45) is 0 Å². The average molecular weight is 405 g/mol. The van der Waals surface area contributed by atoms with Crippen molar-refractivity contribution < 1.29 is 4.79 Å². The van der Waals surface area contributed by atoms with Crippen molar-refractivity contribution in [1.29, 1.82) is 0 Å². The molecule has 0 bridgehead atoms. The second kappa shape index (κ2) is 10.6. The molecule has 1 atom stereocenters. The Morgan fingerprint density at radius 3 is 2.54 bits per heavy atom. The Morgan fingerprint density at radius 2 is 1.89 bits per heavy atom. The summed E-state index contributed by atoms with van der Waals surface area (Å²) in [5, 5.41) is 3.82. The molecule has 154 valence electrons. The van der Waals surface area contributed by atoms with Crippen molar-refractivity contribution in [2.45, 2.75) is 64.0 Å². The molecule has 1 unspecified atom stereocenters. The molecule has 0 saturated carbocycles. The molecule has 1 aromatic heterocycles. The van der Waals surface area contributed by atoms with E-state index in [1.807, 2.05) is 45.0 Å². The van der Waals surface area contributed by atoms with Gasteiger partial charge in [-0.05, 0) is 59.0 Å². The summed E-state index contributed by atoms with van der Waals surface area (Å²) in [6, 6.07) is 7.48. The van der Waals surface area contributed by atoms with Crippen LogP contribution in [0.5, 0.6) is 0 Å². The lowest BCUT2D eigenvalue weighted by Gasteiger charge is -2.20. The van der Waals surface area contributed by atoms with Gasteiger partial charge in [0.05, 0.1) is 16.2 Å². The van der Waals surface area contributed by atoms with Gasteiger partial charge in [0.1, 0.15) is 0 Å². The number of hydrogen-bond donors (Lipinski definition) is 1. The predicted molar refractivity (Wildman–Crippen MR) is 117 cm³/mol. The normalized spacial score (nSPS) is 12.7. The van der Waals surface area contributed by atoms with Crippen LogP contribution in [-0.2, 0) is 11.3 Å². The predicted octanol–water partition coefficient (Wildman–Crippen LogP) is 3.13. The number of nitrogens with one attached hydrogen (secondary N) is 1. The maximum absolute atomic E-state index is 13.1. The van der Waals surface area contributed by atoms with Crippen LogP contribution in [0.3, 0.4) is 0 Å². The number of nitrogens with zero attached hydrogens (tertiary/aromatic N) is 3. The number of hydrogen-bond acceptors (Lipinski definition) is 5. The second-order valence-electron chi connectivity index (χ2n) is 7.17. The standard InChI is InChI=1S/C21H32N4O2S/c1-6-24(7-2)13-10-14-25-20(27)17-11-8-9-12-18(17)23-21(25)28-16(5)19(26)22-15(3)4/h8-9,11-12,15-16H,6-7,10,13-14H2,1-5H3,(H,22,26). The highest BCUT2D eigenvalue weighted by Crippen LogP contribution is 2.23. The largest absolute Gasteiger partial charge is 0.353 e. The summed E-state index contributed by atoms with van der Waals surface area (Å²) in [4.78, 5) is 32.5. The van der Waals surface area contributed by atoms with Gasteiger partial charge in [-0.2, -0.15) is 0 Å². The zero-order valence-corrected chi connectivity index (χ0v) is 18.4. The third kappa shape index (κ3) is 5.82. The first-order valence-electron chi connectivity index (χ1n) is 10.1. The van der Waals surface area contributed by atoms with Gasteiger partial charge < -0.3 is 10.2 Å². The first kappa shape index (κ1) is 22.4. The van der Waals surface area contributed by atoms with E-state index in [0.717, 1.165) is 26.1 Å². The molecule has 1 aromatic carbocycles. The second-order valence-corrected chi connectivity index (χ2v) is 8.48. The molecular weight excluding hydrogens is 372 g/mol. The van der Waals surface area contributed by atoms with Crippen LogP contribution < -0.4 is 10.9 Å². The molecule has 0 spiro atoms. The molecule has 1 amide bonds. The Labute approximate surface area is 171 Å². The highest BCUT2D eigenvalue weighted by atomic mass is 32.2. The molecule has 0 fully saturated rings. The molecule has 6 nitrogen and oxygen atoms in total. The number of carbonyl (C=O) groups excluding carboxylic acids is 1. The van der Waals surface area contributed by atoms with Crippen molar-refractivity contribution in [3.8, 4) is 0 Å². The van der Waals surface area contributed by atoms with Gasteiger partial charge in [0.2, 0.25) is 5.91 Å². The summed E-state index contributed by atoms with van der Waals surface area (Å²) >= 11 is 1.35. The number of amides is 1. The Balaban J connectivity index is 2.31. The Kier molecular flexibility index (Phi) is 8.51. The monoisotopic (exact) mass is 404 g/mol. The third-order valence-electron chi connectivity index (χ3n) is 4.66. The number of fused-ring (bicyclic) bond motifs is 1. The highest BCUT2D eigenvalue weighted by molar-refractivity contribution is 8.00. The lowest BCUT2D eigenvalue weighted by atomic mass is 10.2. The van der Waals surface area contributed by atoms with Gasteiger partial charge in [-0.3, -0.25) is 14.2 Å². The van der Waals surface area contributed by atoms with Crippen LogP contribution in [0.4, 0.5) is 0 Å².